The number of likely N-dealkylation sites (tertiary alicyclic amines) is 1. The zero-order valence-corrected chi connectivity index (χ0v) is 16.1. The summed E-state index contributed by atoms with van der Waals surface area (Å²) < 4.78 is 26.9. The molecular weight excluding hydrogens is 382 g/mol. The molecule has 2 aliphatic heterocycles. The van der Waals surface area contributed by atoms with Gasteiger partial charge in [0, 0.05) is 12.6 Å². The first-order valence-electron chi connectivity index (χ1n) is 9.92. The van der Waals surface area contributed by atoms with Crippen LogP contribution in [0.2, 0.25) is 0 Å². The van der Waals surface area contributed by atoms with Crippen molar-refractivity contribution in [1.29, 1.82) is 0 Å². The molecule has 0 atom stereocenters. The molecule has 2 heterocycles. The summed E-state index contributed by atoms with van der Waals surface area (Å²) in [5.74, 6) is -2.44. The van der Waals surface area contributed by atoms with E-state index in [4.69, 9.17) is 5.73 Å². The molecule has 9 heteroatoms. The maximum absolute atomic E-state index is 13.6. The highest BCUT2D eigenvalue weighted by Gasteiger charge is 2.61. The summed E-state index contributed by atoms with van der Waals surface area (Å²) in [7, 11) is 0. The molecule has 1 aromatic rings. The first-order valence-corrected chi connectivity index (χ1v) is 9.92. The summed E-state index contributed by atoms with van der Waals surface area (Å²) in [5, 5.41) is 0. The van der Waals surface area contributed by atoms with Crippen LogP contribution in [0.5, 0.6) is 0 Å². The highest BCUT2D eigenvalue weighted by Crippen LogP contribution is 2.37. The maximum atomic E-state index is 13.6. The minimum absolute atomic E-state index is 0.0137. The van der Waals surface area contributed by atoms with Gasteiger partial charge in [-0.25, -0.2) is 13.6 Å². The van der Waals surface area contributed by atoms with Gasteiger partial charge in [-0.1, -0.05) is 25.3 Å². The van der Waals surface area contributed by atoms with Crippen molar-refractivity contribution in [2.24, 2.45) is 5.73 Å². The zero-order valence-electron chi connectivity index (χ0n) is 16.1. The zero-order chi connectivity index (χ0) is 20.8. The third-order valence-corrected chi connectivity index (χ3v) is 6.34. The van der Waals surface area contributed by atoms with E-state index in [0.29, 0.717) is 5.56 Å². The summed E-state index contributed by atoms with van der Waals surface area (Å²) >= 11 is 0. The van der Waals surface area contributed by atoms with Gasteiger partial charge in [0.25, 0.3) is 5.91 Å². The van der Waals surface area contributed by atoms with E-state index < -0.39 is 23.2 Å². The Labute approximate surface area is 167 Å². The van der Waals surface area contributed by atoms with Crippen molar-refractivity contribution < 1.29 is 23.2 Å². The van der Waals surface area contributed by atoms with Gasteiger partial charge in [0.2, 0.25) is 5.91 Å². The maximum Gasteiger partial charge on any atom is 0.314 e. The van der Waals surface area contributed by atoms with E-state index in [1.807, 2.05) is 0 Å². The lowest BCUT2D eigenvalue weighted by Gasteiger charge is -2.58. The SMILES string of the molecule is NC(=O)N1CC2(C1)C(=O)N(C1CCCCC1)CC(=O)N2Cc1ccc(F)c(F)c1. The van der Waals surface area contributed by atoms with Crippen LogP contribution in [-0.4, -0.2) is 63.8 Å². The Balaban J connectivity index is 1.63. The van der Waals surface area contributed by atoms with Gasteiger partial charge in [-0.2, -0.15) is 0 Å². The van der Waals surface area contributed by atoms with E-state index in [0.717, 1.165) is 44.2 Å². The van der Waals surface area contributed by atoms with Gasteiger partial charge < -0.3 is 20.4 Å². The smallest absolute Gasteiger partial charge is 0.314 e. The fourth-order valence-corrected chi connectivity index (χ4v) is 4.72. The largest absolute Gasteiger partial charge is 0.351 e. The van der Waals surface area contributed by atoms with E-state index in [1.165, 1.54) is 15.9 Å². The van der Waals surface area contributed by atoms with Crippen LogP contribution in [0.1, 0.15) is 37.7 Å². The van der Waals surface area contributed by atoms with E-state index in [2.05, 4.69) is 0 Å². The van der Waals surface area contributed by atoms with Crippen molar-refractivity contribution in [3.05, 3.63) is 35.4 Å². The van der Waals surface area contributed by atoms with Crippen LogP contribution >= 0.6 is 0 Å². The molecule has 156 valence electrons. The molecule has 2 saturated heterocycles. The molecule has 3 fully saturated rings. The molecular formula is C20H24F2N4O3. The summed E-state index contributed by atoms with van der Waals surface area (Å²) in [4.78, 5) is 42.5. The van der Waals surface area contributed by atoms with Crippen LogP contribution in [0, 0.1) is 11.6 Å². The summed E-state index contributed by atoms with van der Waals surface area (Å²) in [5.41, 5.74) is 4.53. The minimum Gasteiger partial charge on any atom is -0.351 e. The average Bonchev–Trinajstić information content (AvgIpc) is 2.66. The van der Waals surface area contributed by atoms with Gasteiger partial charge in [0.15, 0.2) is 17.2 Å². The number of amides is 4. The summed E-state index contributed by atoms with van der Waals surface area (Å²) in [6, 6.07) is 2.78. The molecule has 7 nitrogen and oxygen atoms in total. The first kappa shape index (κ1) is 19.6. The predicted octanol–water partition coefficient (Wildman–Crippen LogP) is 1.60. The second-order valence-electron chi connectivity index (χ2n) is 8.18. The minimum atomic E-state index is -1.20. The Hall–Kier alpha value is -2.71. The Morgan fingerprint density at radius 2 is 1.79 bits per heavy atom. The molecule has 4 amide bonds. The van der Waals surface area contributed by atoms with Crippen molar-refractivity contribution in [3.8, 4) is 0 Å². The molecule has 29 heavy (non-hydrogen) atoms. The Kier molecular flexibility index (Phi) is 4.92. The molecule has 4 rings (SSSR count). The van der Waals surface area contributed by atoms with Crippen molar-refractivity contribution >= 4 is 17.8 Å². The highest BCUT2D eigenvalue weighted by molar-refractivity contribution is 6.00. The standard InChI is InChI=1S/C20H24F2N4O3/c21-15-7-6-13(8-16(15)22)9-26-17(27)10-25(14-4-2-1-3-5-14)18(28)20(26)11-24(12-20)19(23)29/h6-8,14H,1-5,9-12H2,(H2,23,29). The number of piperazine rings is 1. The lowest BCUT2D eigenvalue weighted by Crippen LogP contribution is -2.82. The normalized spacial score (nSPS) is 22.2. The number of hydrogen-bond donors (Lipinski definition) is 1. The molecule has 1 saturated carbocycles. The third kappa shape index (κ3) is 3.32. The van der Waals surface area contributed by atoms with Crippen molar-refractivity contribution in [1.82, 2.24) is 14.7 Å². The van der Waals surface area contributed by atoms with Crippen LogP contribution in [0.25, 0.3) is 0 Å². The number of halogens is 2. The second kappa shape index (κ2) is 7.27. The number of benzene rings is 1. The van der Waals surface area contributed by atoms with E-state index in [-0.39, 0.29) is 44.0 Å². The van der Waals surface area contributed by atoms with Gasteiger partial charge in [0.05, 0.1) is 13.1 Å². The number of carbonyl (C=O) groups is 3. The average molecular weight is 406 g/mol. The highest BCUT2D eigenvalue weighted by atomic mass is 19.2. The van der Waals surface area contributed by atoms with E-state index >= 15 is 0 Å². The summed E-state index contributed by atoms with van der Waals surface area (Å²) in [6.07, 6.45) is 4.87. The molecule has 0 bridgehead atoms. The second-order valence-corrected chi connectivity index (χ2v) is 8.18. The van der Waals surface area contributed by atoms with Crippen LogP contribution in [0.4, 0.5) is 13.6 Å². The fraction of sp³-hybridized carbons (Fsp3) is 0.550. The number of carbonyl (C=O) groups excluding carboxylic acids is 3. The molecule has 3 aliphatic rings. The Morgan fingerprint density at radius 1 is 1.10 bits per heavy atom. The van der Waals surface area contributed by atoms with Gasteiger partial charge in [-0.05, 0) is 30.5 Å². The molecule has 1 spiro atoms. The number of primary amides is 1. The van der Waals surface area contributed by atoms with Crippen molar-refractivity contribution in [3.63, 3.8) is 0 Å². The number of nitrogens with zero attached hydrogens (tertiary/aromatic N) is 3. The molecule has 2 N–H and O–H groups in total. The topological polar surface area (TPSA) is 87.0 Å². The van der Waals surface area contributed by atoms with Crippen LogP contribution in [-0.2, 0) is 16.1 Å². The van der Waals surface area contributed by atoms with Gasteiger partial charge in [0.1, 0.15) is 6.54 Å². The quantitative estimate of drug-likeness (QED) is 0.827. The Bertz CT molecular complexity index is 850. The molecule has 1 aromatic carbocycles. The fourth-order valence-electron chi connectivity index (χ4n) is 4.72. The first-order chi connectivity index (χ1) is 13.8. The molecule has 0 unspecified atom stereocenters. The van der Waals surface area contributed by atoms with Crippen molar-refractivity contribution in [2.45, 2.75) is 50.2 Å². The molecule has 0 aromatic heterocycles. The van der Waals surface area contributed by atoms with Gasteiger partial charge in [-0.15, -0.1) is 0 Å². The third-order valence-electron chi connectivity index (χ3n) is 6.34. The number of urea groups is 1. The Morgan fingerprint density at radius 3 is 2.41 bits per heavy atom. The molecule has 0 radical (unpaired) electrons. The van der Waals surface area contributed by atoms with Crippen LogP contribution in [0.15, 0.2) is 18.2 Å². The van der Waals surface area contributed by atoms with E-state index in [1.54, 1.807) is 4.90 Å². The number of hydrogen-bond acceptors (Lipinski definition) is 3. The molecule has 1 aliphatic carbocycles. The number of nitrogens with two attached hydrogens (primary N) is 1. The van der Waals surface area contributed by atoms with Gasteiger partial charge in [-0.3, -0.25) is 9.59 Å². The predicted molar refractivity (Wildman–Crippen MR) is 99.4 cm³/mol. The van der Waals surface area contributed by atoms with Gasteiger partial charge >= 0.3 is 6.03 Å². The lowest BCUT2D eigenvalue weighted by molar-refractivity contribution is -0.179. The lowest BCUT2D eigenvalue weighted by atomic mass is 9.81. The van der Waals surface area contributed by atoms with E-state index in [9.17, 15) is 23.2 Å². The monoisotopic (exact) mass is 406 g/mol. The van der Waals surface area contributed by atoms with Crippen LogP contribution < -0.4 is 5.73 Å². The number of rotatable bonds is 3. The van der Waals surface area contributed by atoms with Crippen molar-refractivity contribution in [2.75, 3.05) is 19.6 Å². The van der Waals surface area contributed by atoms with Crippen LogP contribution in [0.3, 0.4) is 0 Å². The summed E-state index contributed by atoms with van der Waals surface area (Å²) in [6.45, 7) is -0.0437.